The molecule has 0 aliphatic rings. The van der Waals surface area contributed by atoms with E-state index in [1.165, 1.54) is 0 Å². The van der Waals surface area contributed by atoms with Gasteiger partial charge in [-0.2, -0.15) is 11.8 Å². The summed E-state index contributed by atoms with van der Waals surface area (Å²) < 4.78 is 5.05. The zero-order valence-electron chi connectivity index (χ0n) is 7.96. The third-order valence-electron chi connectivity index (χ3n) is 1.33. The zero-order valence-corrected chi connectivity index (χ0v) is 8.78. The van der Waals surface area contributed by atoms with Crippen LogP contribution in [0.4, 0.5) is 0 Å². The summed E-state index contributed by atoms with van der Waals surface area (Å²) in [6.45, 7) is 5.84. The van der Waals surface area contributed by atoms with Crippen LogP contribution in [-0.4, -0.2) is 19.1 Å². The smallest absolute Gasteiger partial charge is 0.114 e. The van der Waals surface area contributed by atoms with Crippen molar-refractivity contribution in [3.05, 3.63) is 36.1 Å². The fourth-order valence-corrected chi connectivity index (χ4v) is 1.18. The predicted molar refractivity (Wildman–Crippen MR) is 57.4 cm³/mol. The van der Waals surface area contributed by atoms with Crippen molar-refractivity contribution in [2.45, 2.75) is 6.92 Å². The van der Waals surface area contributed by atoms with E-state index in [1.54, 1.807) is 18.9 Å². The lowest BCUT2D eigenvalue weighted by atomic mass is 10.3. The number of rotatable bonds is 5. The van der Waals surface area contributed by atoms with Gasteiger partial charge in [-0.15, -0.1) is 0 Å². The van der Waals surface area contributed by atoms with Gasteiger partial charge in [0, 0.05) is 5.75 Å². The van der Waals surface area contributed by atoms with Crippen LogP contribution in [0.25, 0.3) is 0 Å². The molecule has 0 aromatic carbocycles. The Bertz CT molecular complexity index is 192. The van der Waals surface area contributed by atoms with Crippen molar-refractivity contribution in [1.82, 2.24) is 0 Å². The van der Waals surface area contributed by atoms with Crippen LogP contribution in [0.15, 0.2) is 36.1 Å². The van der Waals surface area contributed by atoms with Crippen LogP contribution in [0.1, 0.15) is 6.92 Å². The molecule has 0 fully saturated rings. The van der Waals surface area contributed by atoms with E-state index in [1.807, 2.05) is 25.2 Å². The fraction of sp³-hybridized carbons (Fsp3) is 0.400. The minimum absolute atomic E-state index is 0.872. The average molecular weight is 184 g/mol. The number of hydrogen-bond acceptors (Lipinski definition) is 2. The van der Waals surface area contributed by atoms with Gasteiger partial charge in [-0.25, -0.2) is 0 Å². The van der Waals surface area contributed by atoms with Crippen molar-refractivity contribution in [3.63, 3.8) is 0 Å². The second kappa shape index (κ2) is 7.04. The molecule has 0 bridgehead atoms. The van der Waals surface area contributed by atoms with Crippen LogP contribution in [0.2, 0.25) is 0 Å². The Morgan fingerprint density at radius 2 is 2.17 bits per heavy atom. The van der Waals surface area contributed by atoms with Gasteiger partial charge in [0.2, 0.25) is 0 Å². The number of allylic oxidation sites excluding steroid dienone is 3. The zero-order chi connectivity index (χ0) is 9.40. The van der Waals surface area contributed by atoms with E-state index in [2.05, 4.69) is 12.8 Å². The van der Waals surface area contributed by atoms with Crippen molar-refractivity contribution in [2.75, 3.05) is 19.1 Å². The van der Waals surface area contributed by atoms with Gasteiger partial charge in [-0.05, 0) is 30.9 Å². The fourth-order valence-electron chi connectivity index (χ4n) is 0.716. The summed E-state index contributed by atoms with van der Waals surface area (Å²) in [5.74, 6) is 1.84. The summed E-state index contributed by atoms with van der Waals surface area (Å²) in [5.41, 5.74) is 1.11. The lowest BCUT2D eigenvalue weighted by Crippen LogP contribution is -1.82. The summed E-state index contributed by atoms with van der Waals surface area (Å²) in [6.07, 6.45) is 7.89. The molecular weight excluding hydrogens is 168 g/mol. The first-order valence-electron chi connectivity index (χ1n) is 3.79. The SMILES string of the molecule is C=C(/C=C\C(=C/C)OC)CSC. The van der Waals surface area contributed by atoms with Crippen LogP contribution in [0.5, 0.6) is 0 Å². The molecule has 68 valence electrons. The molecule has 0 saturated carbocycles. The van der Waals surface area contributed by atoms with Gasteiger partial charge in [0.25, 0.3) is 0 Å². The number of hydrogen-bond donors (Lipinski definition) is 0. The highest BCUT2D eigenvalue weighted by Gasteiger charge is 1.88. The van der Waals surface area contributed by atoms with Crippen molar-refractivity contribution in [2.24, 2.45) is 0 Å². The Morgan fingerprint density at radius 1 is 1.50 bits per heavy atom. The molecule has 0 spiro atoms. The number of ether oxygens (including phenoxy) is 1. The van der Waals surface area contributed by atoms with Crippen LogP contribution < -0.4 is 0 Å². The normalized spacial score (nSPS) is 12.1. The van der Waals surface area contributed by atoms with Crippen LogP contribution in [0, 0.1) is 0 Å². The molecule has 12 heavy (non-hydrogen) atoms. The van der Waals surface area contributed by atoms with Gasteiger partial charge in [-0.3, -0.25) is 0 Å². The lowest BCUT2D eigenvalue weighted by molar-refractivity contribution is 0.306. The average Bonchev–Trinajstić information content (AvgIpc) is 2.07. The number of methoxy groups -OCH3 is 1. The Labute approximate surface area is 79.2 Å². The first-order valence-corrected chi connectivity index (χ1v) is 5.19. The second-order valence-electron chi connectivity index (χ2n) is 2.32. The standard InChI is InChI=1S/C10H16OS/c1-5-10(11-3)7-6-9(2)8-12-4/h5-7H,2,8H2,1,3-4H3/b7-6-,10-5+. The molecule has 2 heteroatoms. The summed E-state index contributed by atoms with van der Waals surface area (Å²) in [4.78, 5) is 0. The third-order valence-corrected chi connectivity index (χ3v) is 1.99. The second-order valence-corrected chi connectivity index (χ2v) is 3.19. The maximum absolute atomic E-state index is 5.05. The molecule has 0 N–H and O–H groups in total. The molecule has 0 heterocycles. The molecule has 0 amide bonds. The van der Waals surface area contributed by atoms with Crippen molar-refractivity contribution in [3.8, 4) is 0 Å². The Kier molecular flexibility index (Phi) is 6.67. The van der Waals surface area contributed by atoms with E-state index >= 15 is 0 Å². The molecule has 0 aromatic heterocycles. The first-order chi connectivity index (χ1) is 5.74. The monoisotopic (exact) mass is 184 g/mol. The Balaban J connectivity index is 3.96. The molecule has 0 aromatic rings. The molecule has 0 unspecified atom stereocenters. The lowest BCUT2D eigenvalue weighted by Gasteiger charge is -1.98. The minimum atomic E-state index is 0.872. The van der Waals surface area contributed by atoms with Gasteiger partial charge >= 0.3 is 0 Å². The van der Waals surface area contributed by atoms with Gasteiger partial charge < -0.3 is 4.74 Å². The predicted octanol–water partition coefficient (Wildman–Crippen LogP) is 3.01. The summed E-state index contributed by atoms with van der Waals surface area (Å²) >= 11 is 1.77. The molecule has 1 nitrogen and oxygen atoms in total. The van der Waals surface area contributed by atoms with E-state index < -0.39 is 0 Å². The maximum Gasteiger partial charge on any atom is 0.114 e. The Hall–Kier alpha value is -0.630. The summed E-state index contributed by atoms with van der Waals surface area (Å²) in [7, 11) is 1.66. The maximum atomic E-state index is 5.05. The molecule has 0 aliphatic heterocycles. The molecule has 0 saturated heterocycles. The molecular formula is C10H16OS. The molecule has 0 aliphatic carbocycles. The van der Waals surface area contributed by atoms with E-state index in [-0.39, 0.29) is 0 Å². The quantitative estimate of drug-likeness (QED) is 0.480. The Morgan fingerprint density at radius 3 is 2.58 bits per heavy atom. The molecule has 0 rings (SSSR count). The van der Waals surface area contributed by atoms with Crippen molar-refractivity contribution < 1.29 is 4.74 Å². The van der Waals surface area contributed by atoms with E-state index in [0.717, 1.165) is 17.1 Å². The highest BCUT2D eigenvalue weighted by molar-refractivity contribution is 7.98. The molecule has 0 atom stereocenters. The van der Waals surface area contributed by atoms with E-state index in [0.29, 0.717) is 0 Å². The van der Waals surface area contributed by atoms with Crippen molar-refractivity contribution in [1.29, 1.82) is 0 Å². The van der Waals surface area contributed by atoms with Crippen molar-refractivity contribution >= 4 is 11.8 Å². The number of thioether (sulfide) groups is 1. The van der Waals surface area contributed by atoms with E-state index in [9.17, 15) is 0 Å². The molecule has 0 radical (unpaired) electrons. The van der Waals surface area contributed by atoms with Gasteiger partial charge in [0.1, 0.15) is 5.76 Å². The summed E-state index contributed by atoms with van der Waals surface area (Å²) in [6, 6.07) is 0. The minimum Gasteiger partial charge on any atom is -0.497 e. The van der Waals surface area contributed by atoms with Gasteiger partial charge in [-0.1, -0.05) is 12.7 Å². The van der Waals surface area contributed by atoms with Crippen LogP contribution in [-0.2, 0) is 4.74 Å². The summed E-state index contributed by atoms with van der Waals surface area (Å²) in [5, 5.41) is 0. The van der Waals surface area contributed by atoms with Gasteiger partial charge in [0.05, 0.1) is 7.11 Å². The third kappa shape index (κ3) is 5.08. The van der Waals surface area contributed by atoms with Gasteiger partial charge in [0.15, 0.2) is 0 Å². The largest absolute Gasteiger partial charge is 0.497 e. The van der Waals surface area contributed by atoms with Crippen LogP contribution in [0.3, 0.4) is 0 Å². The first kappa shape index (κ1) is 11.4. The van der Waals surface area contributed by atoms with Crippen LogP contribution >= 0.6 is 11.8 Å². The highest BCUT2D eigenvalue weighted by atomic mass is 32.2. The highest BCUT2D eigenvalue weighted by Crippen LogP contribution is 2.05. The van der Waals surface area contributed by atoms with E-state index in [4.69, 9.17) is 4.74 Å². The topological polar surface area (TPSA) is 9.23 Å².